The highest BCUT2D eigenvalue weighted by Gasteiger charge is 2.21. The van der Waals surface area contributed by atoms with Crippen molar-refractivity contribution in [3.63, 3.8) is 0 Å². The Morgan fingerprint density at radius 2 is 2.12 bits per heavy atom. The van der Waals surface area contributed by atoms with E-state index in [1.807, 2.05) is 11.9 Å². The van der Waals surface area contributed by atoms with Gasteiger partial charge in [-0.05, 0) is 41.9 Å². The molecule has 0 radical (unpaired) electrons. The van der Waals surface area contributed by atoms with E-state index in [-0.39, 0.29) is 0 Å². The molecule has 0 spiro atoms. The molecular formula is C12H15BrF2N2. The first-order valence-corrected chi connectivity index (χ1v) is 6.48. The maximum Gasteiger partial charge on any atom is 0.149 e. The van der Waals surface area contributed by atoms with Gasteiger partial charge >= 0.3 is 0 Å². The van der Waals surface area contributed by atoms with Gasteiger partial charge in [0.1, 0.15) is 11.6 Å². The van der Waals surface area contributed by atoms with Crippen LogP contribution in [0.5, 0.6) is 0 Å². The average Bonchev–Trinajstić information content (AvgIpc) is 2.34. The molecule has 1 aliphatic heterocycles. The Balaban J connectivity index is 2.24. The van der Waals surface area contributed by atoms with Crippen LogP contribution in [-0.2, 0) is 0 Å². The zero-order valence-electron chi connectivity index (χ0n) is 9.64. The van der Waals surface area contributed by atoms with Crippen molar-refractivity contribution in [2.45, 2.75) is 18.9 Å². The number of nitrogens with zero attached hydrogens (tertiary/aromatic N) is 1. The fraction of sp³-hybridized carbons (Fsp3) is 0.500. The summed E-state index contributed by atoms with van der Waals surface area (Å²) in [4.78, 5) is 1.96. The van der Waals surface area contributed by atoms with Crippen LogP contribution in [0.15, 0.2) is 16.6 Å². The van der Waals surface area contributed by atoms with Crippen LogP contribution in [0.4, 0.5) is 14.5 Å². The van der Waals surface area contributed by atoms with Crippen molar-refractivity contribution >= 4 is 21.6 Å². The zero-order valence-corrected chi connectivity index (χ0v) is 11.2. The molecule has 5 heteroatoms. The van der Waals surface area contributed by atoms with Gasteiger partial charge in [-0.1, -0.05) is 0 Å². The van der Waals surface area contributed by atoms with Gasteiger partial charge in [0, 0.05) is 25.2 Å². The fourth-order valence-electron chi connectivity index (χ4n) is 2.19. The van der Waals surface area contributed by atoms with Gasteiger partial charge in [0.25, 0.3) is 0 Å². The molecule has 0 amide bonds. The van der Waals surface area contributed by atoms with Crippen LogP contribution < -0.4 is 10.2 Å². The number of hydrogen-bond donors (Lipinski definition) is 1. The highest BCUT2D eigenvalue weighted by molar-refractivity contribution is 9.10. The third-order valence-corrected chi connectivity index (χ3v) is 3.77. The van der Waals surface area contributed by atoms with Gasteiger partial charge in [0.05, 0.1) is 10.2 Å². The van der Waals surface area contributed by atoms with E-state index >= 15 is 0 Å². The molecule has 1 aromatic carbocycles. The fourth-order valence-corrected chi connectivity index (χ4v) is 2.52. The summed E-state index contributed by atoms with van der Waals surface area (Å²) in [5, 5.41) is 3.20. The minimum Gasteiger partial charge on any atom is -0.368 e. The van der Waals surface area contributed by atoms with Crippen LogP contribution in [0.3, 0.4) is 0 Å². The number of likely N-dealkylation sites (N-methyl/N-ethyl adjacent to an activating group) is 1. The standard InChI is InChI=1S/C12H15BrF2N2/c1-16-8-3-2-4-17(7-8)12-5-9(13)10(14)6-11(12)15/h5-6,8,16H,2-4,7H2,1H3. The van der Waals surface area contributed by atoms with Gasteiger partial charge in [-0.25, -0.2) is 8.78 Å². The van der Waals surface area contributed by atoms with Gasteiger partial charge < -0.3 is 10.2 Å². The average molecular weight is 305 g/mol. The van der Waals surface area contributed by atoms with Crippen LogP contribution in [0.2, 0.25) is 0 Å². The van der Waals surface area contributed by atoms with E-state index < -0.39 is 11.6 Å². The molecule has 2 rings (SSSR count). The molecule has 0 bridgehead atoms. The first-order valence-electron chi connectivity index (χ1n) is 5.68. The Hall–Kier alpha value is -0.680. The molecular weight excluding hydrogens is 290 g/mol. The molecule has 94 valence electrons. The Morgan fingerprint density at radius 3 is 2.82 bits per heavy atom. The van der Waals surface area contributed by atoms with E-state index in [1.165, 1.54) is 6.07 Å². The smallest absolute Gasteiger partial charge is 0.149 e. The van der Waals surface area contributed by atoms with Crippen LogP contribution in [0.1, 0.15) is 12.8 Å². The van der Waals surface area contributed by atoms with E-state index in [1.54, 1.807) is 0 Å². The maximum absolute atomic E-state index is 13.7. The Kier molecular flexibility index (Phi) is 3.99. The summed E-state index contributed by atoms with van der Waals surface area (Å²) in [5.74, 6) is -1.06. The van der Waals surface area contributed by atoms with Crippen molar-refractivity contribution in [3.05, 3.63) is 28.2 Å². The second-order valence-corrected chi connectivity index (χ2v) is 5.15. The molecule has 1 fully saturated rings. The summed E-state index contributed by atoms with van der Waals surface area (Å²) in [6.45, 7) is 1.57. The van der Waals surface area contributed by atoms with Crippen LogP contribution in [0.25, 0.3) is 0 Å². The van der Waals surface area contributed by atoms with Crippen LogP contribution in [-0.4, -0.2) is 26.2 Å². The molecule has 1 saturated heterocycles. The third kappa shape index (κ3) is 2.77. The molecule has 1 aromatic rings. The summed E-state index contributed by atoms with van der Waals surface area (Å²) >= 11 is 3.10. The van der Waals surface area contributed by atoms with Crippen LogP contribution in [0, 0.1) is 11.6 Å². The van der Waals surface area contributed by atoms with Gasteiger partial charge in [0.15, 0.2) is 0 Å². The summed E-state index contributed by atoms with van der Waals surface area (Å²) in [7, 11) is 1.91. The normalized spacial score (nSPS) is 20.7. The van der Waals surface area contributed by atoms with Gasteiger partial charge in [-0.3, -0.25) is 0 Å². The second kappa shape index (κ2) is 5.31. The van der Waals surface area contributed by atoms with Crippen LogP contribution >= 0.6 is 15.9 Å². The second-order valence-electron chi connectivity index (χ2n) is 4.29. The van der Waals surface area contributed by atoms with Gasteiger partial charge in [-0.2, -0.15) is 0 Å². The highest BCUT2D eigenvalue weighted by Crippen LogP contribution is 2.28. The quantitative estimate of drug-likeness (QED) is 0.845. The van der Waals surface area contributed by atoms with E-state index in [9.17, 15) is 8.78 Å². The Labute approximate surface area is 108 Å². The lowest BCUT2D eigenvalue weighted by Gasteiger charge is -2.34. The lowest BCUT2D eigenvalue weighted by atomic mass is 10.1. The molecule has 1 N–H and O–H groups in total. The molecule has 0 saturated carbocycles. The number of benzene rings is 1. The number of halogens is 3. The first kappa shape index (κ1) is 12.8. The summed E-state index contributed by atoms with van der Waals surface area (Å²) in [6.07, 6.45) is 2.11. The van der Waals surface area contributed by atoms with E-state index in [0.717, 1.165) is 32.0 Å². The molecule has 17 heavy (non-hydrogen) atoms. The predicted octanol–water partition coefficient (Wildman–Crippen LogP) is 2.92. The van der Waals surface area contributed by atoms with Crippen molar-refractivity contribution in [1.29, 1.82) is 0 Å². The lowest BCUT2D eigenvalue weighted by molar-refractivity contribution is 0.444. The van der Waals surface area contributed by atoms with E-state index in [2.05, 4.69) is 21.2 Å². The number of hydrogen-bond acceptors (Lipinski definition) is 2. The topological polar surface area (TPSA) is 15.3 Å². The van der Waals surface area contributed by atoms with Gasteiger partial charge in [0.2, 0.25) is 0 Å². The minimum absolute atomic E-state index is 0.306. The van der Waals surface area contributed by atoms with Crippen molar-refractivity contribution in [1.82, 2.24) is 5.32 Å². The largest absolute Gasteiger partial charge is 0.368 e. The molecule has 2 nitrogen and oxygen atoms in total. The number of rotatable bonds is 2. The number of anilines is 1. The van der Waals surface area contributed by atoms with Crippen molar-refractivity contribution < 1.29 is 8.78 Å². The minimum atomic E-state index is -0.562. The highest BCUT2D eigenvalue weighted by atomic mass is 79.9. The molecule has 1 unspecified atom stereocenters. The SMILES string of the molecule is CNC1CCCN(c2cc(Br)c(F)cc2F)C1. The Morgan fingerprint density at radius 1 is 1.35 bits per heavy atom. The summed E-state index contributed by atoms with van der Waals surface area (Å²) in [6, 6.07) is 2.82. The lowest BCUT2D eigenvalue weighted by Crippen LogP contribution is -2.44. The van der Waals surface area contributed by atoms with Crippen molar-refractivity contribution in [2.24, 2.45) is 0 Å². The maximum atomic E-state index is 13.7. The first-order chi connectivity index (χ1) is 8.11. The number of nitrogens with one attached hydrogen (secondary N) is 1. The molecule has 0 aliphatic carbocycles. The monoisotopic (exact) mass is 304 g/mol. The predicted molar refractivity (Wildman–Crippen MR) is 68.4 cm³/mol. The zero-order chi connectivity index (χ0) is 12.4. The molecule has 0 aromatic heterocycles. The van der Waals surface area contributed by atoms with Crippen molar-refractivity contribution in [3.8, 4) is 0 Å². The summed E-state index contributed by atoms with van der Waals surface area (Å²) in [5.41, 5.74) is 0.471. The summed E-state index contributed by atoms with van der Waals surface area (Å²) < 4.78 is 27.2. The third-order valence-electron chi connectivity index (χ3n) is 3.16. The molecule has 1 heterocycles. The number of piperidine rings is 1. The molecule has 1 atom stereocenters. The Bertz CT molecular complexity index is 412. The van der Waals surface area contributed by atoms with Gasteiger partial charge in [-0.15, -0.1) is 0 Å². The van der Waals surface area contributed by atoms with E-state index in [4.69, 9.17) is 0 Å². The van der Waals surface area contributed by atoms with E-state index in [0.29, 0.717) is 16.2 Å². The van der Waals surface area contributed by atoms with Crippen molar-refractivity contribution in [2.75, 3.05) is 25.0 Å². The molecule has 1 aliphatic rings.